The van der Waals surface area contributed by atoms with Crippen molar-refractivity contribution in [3.05, 3.63) is 53.1 Å². The van der Waals surface area contributed by atoms with Crippen LogP contribution in [0.25, 0.3) is 5.57 Å². The predicted molar refractivity (Wildman–Crippen MR) is 139 cm³/mol. The molecule has 0 atom stereocenters. The van der Waals surface area contributed by atoms with Crippen molar-refractivity contribution >= 4 is 21.4 Å². The molecule has 1 aromatic rings. The number of hydrogen-bond acceptors (Lipinski definition) is 4. The van der Waals surface area contributed by atoms with Gasteiger partial charge in [-0.1, -0.05) is 64.7 Å². The van der Waals surface area contributed by atoms with E-state index in [1.165, 1.54) is 19.3 Å². The van der Waals surface area contributed by atoms with Crippen LogP contribution in [-0.4, -0.2) is 31.9 Å². The van der Waals surface area contributed by atoms with E-state index in [0.29, 0.717) is 29.2 Å². The Labute approximate surface area is 205 Å². The molecule has 0 spiro atoms. The lowest BCUT2D eigenvalue weighted by molar-refractivity contribution is -0.131. The van der Waals surface area contributed by atoms with Gasteiger partial charge < -0.3 is 9.84 Å². The molecule has 0 amide bonds. The molecule has 0 saturated carbocycles. The number of hydrogen-bond donors (Lipinski definition) is 1. The van der Waals surface area contributed by atoms with Crippen molar-refractivity contribution in [3.63, 3.8) is 0 Å². The number of sulfone groups is 1. The van der Waals surface area contributed by atoms with Crippen LogP contribution in [0.5, 0.6) is 5.75 Å². The highest BCUT2D eigenvalue weighted by molar-refractivity contribution is 7.91. The van der Waals surface area contributed by atoms with Crippen LogP contribution < -0.4 is 4.74 Å². The molecule has 1 aliphatic rings. The average Bonchev–Trinajstić information content (AvgIpc) is 2.82. The van der Waals surface area contributed by atoms with Gasteiger partial charge in [-0.25, -0.2) is 13.2 Å². The van der Waals surface area contributed by atoms with E-state index in [1.807, 2.05) is 25.1 Å². The van der Waals surface area contributed by atoms with Gasteiger partial charge in [-0.15, -0.1) is 0 Å². The molecule has 1 aliphatic heterocycles. The molecule has 0 bridgehead atoms. The summed E-state index contributed by atoms with van der Waals surface area (Å²) < 4.78 is 32.3. The van der Waals surface area contributed by atoms with Crippen molar-refractivity contribution in [1.29, 1.82) is 0 Å². The molecule has 6 heteroatoms. The monoisotopic (exact) mass is 488 g/mol. The van der Waals surface area contributed by atoms with E-state index in [9.17, 15) is 13.2 Å². The van der Waals surface area contributed by atoms with Crippen molar-refractivity contribution in [3.8, 4) is 5.75 Å². The molecule has 0 aliphatic carbocycles. The molecule has 0 saturated heterocycles. The predicted octanol–water partition coefficient (Wildman–Crippen LogP) is 6.87. The van der Waals surface area contributed by atoms with Crippen LogP contribution in [0.4, 0.5) is 0 Å². The first-order valence-electron chi connectivity index (χ1n) is 12.3. The second kappa shape index (κ2) is 12.4. The topological polar surface area (TPSA) is 80.7 Å². The van der Waals surface area contributed by atoms with E-state index >= 15 is 0 Å². The lowest BCUT2D eigenvalue weighted by Gasteiger charge is -2.26. The number of benzene rings is 1. The molecule has 1 N–H and O–H groups in total. The molecule has 188 valence electrons. The van der Waals surface area contributed by atoms with Crippen LogP contribution in [-0.2, 0) is 20.0 Å². The van der Waals surface area contributed by atoms with E-state index in [-0.39, 0.29) is 11.2 Å². The lowest BCUT2D eigenvalue weighted by Crippen LogP contribution is -2.18. The molecule has 0 radical (unpaired) electrons. The van der Waals surface area contributed by atoms with Crippen LogP contribution in [0.3, 0.4) is 0 Å². The standard InChI is InChI=1S/C28H40O5S/c1-6-7-8-9-10-16-33-25-20-26-24(28(4,5)15-12-17-34(26,31)32)19-23(25)22(3)14-11-13-21(2)18-27(29)30/h11,13-14,18-20H,6-10,12,15-17H2,1-5H3,(H,29,30). The summed E-state index contributed by atoms with van der Waals surface area (Å²) in [4.78, 5) is 11.2. The summed E-state index contributed by atoms with van der Waals surface area (Å²) in [6, 6.07) is 3.72. The summed E-state index contributed by atoms with van der Waals surface area (Å²) in [5.41, 5.74) is 3.02. The van der Waals surface area contributed by atoms with Gasteiger partial charge in [0.25, 0.3) is 0 Å². The minimum absolute atomic E-state index is 0.159. The Kier molecular flexibility index (Phi) is 10.2. The van der Waals surface area contributed by atoms with Crippen molar-refractivity contribution < 1.29 is 23.1 Å². The van der Waals surface area contributed by atoms with Gasteiger partial charge in [0.1, 0.15) is 5.75 Å². The Balaban J connectivity index is 2.47. The number of carboxylic acid groups (broad SMARTS) is 1. The van der Waals surface area contributed by atoms with Crippen LogP contribution in [0.2, 0.25) is 0 Å². The van der Waals surface area contributed by atoms with Crippen molar-refractivity contribution in [1.82, 2.24) is 0 Å². The van der Waals surface area contributed by atoms with Crippen LogP contribution in [0.1, 0.15) is 90.7 Å². The van der Waals surface area contributed by atoms with Gasteiger partial charge in [-0.2, -0.15) is 0 Å². The van der Waals surface area contributed by atoms with Crippen LogP contribution in [0, 0.1) is 0 Å². The zero-order valence-electron chi connectivity index (χ0n) is 21.3. The van der Waals surface area contributed by atoms with E-state index in [0.717, 1.165) is 42.0 Å². The highest BCUT2D eigenvalue weighted by Crippen LogP contribution is 2.42. The fourth-order valence-electron chi connectivity index (χ4n) is 4.29. The SMILES string of the molecule is CCCCCCCOc1cc2c(cc1C(C)=CC=CC(C)=CC(=O)O)C(C)(C)CCCS2(=O)=O. The molecule has 5 nitrogen and oxygen atoms in total. The Hall–Kier alpha value is -2.34. The number of carboxylic acids is 1. The number of aliphatic carboxylic acids is 1. The summed E-state index contributed by atoms with van der Waals surface area (Å²) in [6.07, 6.45) is 13.6. The number of fused-ring (bicyclic) bond motifs is 1. The number of unbranched alkanes of at least 4 members (excludes halogenated alkanes) is 4. The Bertz CT molecular complexity index is 1060. The van der Waals surface area contributed by atoms with E-state index in [2.05, 4.69) is 20.8 Å². The molecule has 34 heavy (non-hydrogen) atoms. The number of allylic oxidation sites excluding steroid dienone is 5. The van der Waals surface area contributed by atoms with Gasteiger partial charge in [0.2, 0.25) is 0 Å². The highest BCUT2D eigenvalue weighted by Gasteiger charge is 2.34. The quantitative estimate of drug-likeness (QED) is 0.209. The maximum absolute atomic E-state index is 13.1. The van der Waals surface area contributed by atoms with Gasteiger partial charge >= 0.3 is 5.97 Å². The summed E-state index contributed by atoms with van der Waals surface area (Å²) in [6.45, 7) is 10.6. The smallest absolute Gasteiger partial charge is 0.328 e. The van der Waals surface area contributed by atoms with Crippen molar-refractivity contribution in [2.75, 3.05) is 12.4 Å². The fourth-order valence-corrected chi connectivity index (χ4v) is 5.99. The largest absolute Gasteiger partial charge is 0.493 e. The number of carbonyl (C=O) groups is 1. The molecule has 0 unspecified atom stereocenters. The molecular weight excluding hydrogens is 448 g/mol. The first-order chi connectivity index (χ1) is 16.0. The first kappa shape index (κ1) is 27.9. The Morgan fingerprint density at radius 1 is 1.15 bits per heavy atom. The number of ether oxygens (including phenoxy) is 1. The summed E-state index contributed by atoms with van der Waals surface area (Å²) in [5, 5.41) is 8.89. The maximum Gasteiger partial charge on any atom is 0.328 e. The van der Waals surface area contributed by atoms with Crippen LogP contribution in [0.15, 0.2) is 46.9 Å². The van der Waals surface area contributed by atoms with Crippen molar-refractivity contribution in [2.45, 2.75) is 89.9 Å². The van der Waals surface area contributed by atoms with Gasteiger partial charge in [0.15, 0.2) is 9.84 Å². The zero-order chi connectivity index (χ0) is 25.4. The zero-order valence-corrected chi connectivity index (χ0v) is 22.1. The molecule has 0 fully saturated rings. The second-order valence-corrected chi connectivity index (χ2v) is 11.9. The van der Waals surface area contributed by atoms with Crippen LogP contribution >= 0.6 is 0 Å². The fraction of sp³-hybridized carbons (Fsp3) is 0.536. The number of rotatable bonds is 11. The third-order valence-electron chi connectivity index (χ3n) is 6.35. The second-order valence-electron chi connectivity index (χ2n) is 9.85. The van der Waals surface area contributed by atoms with E-state index in [1.54, 1.807) is 19.1 Å². The average molecular weight is 489 g/mol. The first-order valence-corrected chi connectivity index (χ1v) is 13.9. The maximum atomic E-state index is 13.1. The molecule has 1 heterocycles. The highest BCUT2D eigenvalue weighted by atomic mass is 32.2. The third kappa shape index (κ3) is 7.86. The Morgan fingerprint density at radius 3 is 2.53 bits per heavy atom. The summed E-state index contributed by atoms with van der Waals surface area (Å²) in [7, 11) is -3.37. The normalized spacial score (nSPS) is 17.9. The van der Waals surface area contributed by atoms with Gasteiger partial charge in [0.05, 0.1) is 17.3 Å². The minimum atomic E-state index is -3.37. The van der Waals surface area contributed by atoms with E-state index < -0.39 is 15.8 Å². The molecule has 2 rings (SSSR count). The molecular formula is C28H40O5S. The molecule has 0 aromatic heterocycles. The van der Waals surface area contributed by atoms with Gasteiger partial charge in [-0.3, -0.25) is 0 Å². The summed E-state index contributed by atoms with van der Waals surface area (Å²) in [5.74, 6) is -0.228. The summed E-state index contributed by atoms with van der Waals surface area (Å²) >= 11 is 0. The molecule has 1 aromatic carbocycles. The lowest BCUT2D eigenvalue weighted by atomic mass is 9.79. The minimum Gasteiger partial charge on any atom is -0.493 e. The third-order valence-corrected chi connectivity index (χ3v) is 8.18. The van der Waals surface area contributed by atoms with Crippen molar-refractivity contribution in [2.24, 2.45) is 0 Å². The van der Waals surface area contributed by atoms with Gasteiger partial charge in [-0.05, 0) is 67.4 Å². The van der Waals surface area contributed by atoms with E-state index in [4.69, 9.17) is 9.84 Å². The Morgan fingerprint density at radius 2 is 1.85 bits per heavy atom. The van der Waals surface area contributed by atoms with Gasteiger partial charge in [0, 0.05) is 11.6 Å².